The first-order chi connectivity index (χ1) is 17.5. The molecule has 1 saturated heterocycles. The standard InChI is InChI=1S/C29H29NO6/c1-34-17-9-16-30-26(25(28(32)29(30)33)27(31)21-12-7-4-8-13-21)22-14-15-23(24(18-22)35-2)36-19-20-10-5-3-6-11-20/h3-8,10-15,18,26,31H,9,16-17,19H2,1-2H3/t26-/m0/s1. The molecule has 3 aromatic carbocycles. The quantitative estimate of drug-likeness (QED) is 0.193. The van der Waals surface area contributed by atoms with E-state index < -0.39 is 17.7 Å². The van der Waals surface area contributed by atoms with Crippen molar-refractivity contribution in [2.45, 2.75) is 19.1 Å². The molecule has 36 heavy (non-hydrogen) atoms. The number of likely N-dealkylation sites (tertiary alicyclic amines) is 1. The normalized spacial score (nSPS) is 16.8. The Labute approximate surface area is 210 Å². The number of carbonyl (C=O) groups is 2. The van der Waals surface area contributed by atoms with Gasteiger partial charge in [-0.15, -0.1) is 0 Å². The summed E-state index contributed by atoms with van der Waals surface area (Å²) in [5, 5.41) is 11.1. The summed E-state index contributed by atoms with van der Waals surface area (Å²) in [7, 11) is 3.12. The van der Waals surface area contributed by atoms with Crippen LogP contribution in [-0.4, -0.2) is 49.1 Å². The van der Waals surface area contributed by atoms with E-state index in [4.69, 9.17) is 14.2 Å². The van der Waals surface area contributed by atoms with Gasteiger partial charge in [0.15, 0.2) is 11.5 Å². The highest BCUT2D eigenvalue weighted by atomic mass is 16.5. The Morgan fingerprint density at radius 2 is 1.61 bits per heavy atom. The van der Waals surface area contributed by atoms with E-state index in [1.165, 1.54) is 12.0 Å². The van der Waals surface area contributed by atoms with E-state index >= 15 is 0 Å². The molecule has 1 fully saturated rings. The highest BCUT2D eigenvalue weighted by Gasteiger charge is 2.46. The van der Waals surface area contributed by atoms with E-state index in [0.29, 0.717) is 48.8 Å². The number of amides is 1. The second-order valence-electron chi connectivity index (χ2n) is 8.39. The second-order valence-corrected chi connectivity index (χ2v) is 8.39. The average molecular weight is 488 g/mol. The van der Waals surface area contributed by atoms with Crippen molar-refractivity contribution in [3.8, 4) is 11.5 Å². The van der Waals surface area contributed by atoms with Crippen molar-refractivity contribution in [3.05, 3.63) is 101 Å². The lowest BCUT2D eigenvalue weighted by Gasteiger charge is -2.26. The molecule has 4 rings (SSSR count). The van der Waals surface area contributed by atoms with Crippen molar-refractivity contribution in [1.82, 2.24) is 4.90 Å². The van der Waals surface area contributed by atoms with Crippen molar-refractivity contribution in [2.24, 2.45) is 0 Å². The van der Waals surface area contributed by atoms with E-state index in [2.05, 4.69) is 0 Å². The van der Waals surface area contributed by atoms with Gasteiger partial charge in [0.05, 0.1) is 18.7 Å². The lowest BCUT2D eigenvalue weighted by atomic mass is 9.95. The lowest BCUT2D eigenvalue weighted by Crippen LogP contribution is -2.31. The number of ketones is 1. The zero-order valence-electron chi connectivity index (χ0n) is 20.3. The molecule has 0 radical (unpaired) electrons. The fraction of sp³-hybridized carbons (Fsp3) is 0.241. The number of hydrogen-bond acceptors (Lipinski definition) is 6. The molecule has 0 spiro atoms. The van der Waals surface area contributed by atoms with Gasteiger partial charge < -0.3 is 24.2 Å². The van der Waals surface area contributed by atoms with Gasteiger partial charge in [-0.2, -0.15) is 0 Å². The molecule has 0 aliphatic carbocycles. The number of nitrogens with zero attached hydrogens (tertiary/aromatic N) is 1. The molecule has 1 aliphatic heterocycles. The number of Topliss-reactive ketones (excluding diaryl/α,β-unsaturated/α-hetero) is 1. The maximum absolute atomic E-state index is 13.1. The van der Waals surface area contributed by atoms with Crippen LogP contribution in [0.5, 0.6) is 11.5 Å². The van der Waals surface area contributed by atoms with Crippen LogP contribution in [0.4, 0.5) is 0 Å². The molecular weight excluding hydrogens is 458 g/mol. The Hall–Kier alpha value is -4.10. The van der Waals surface area contributed by atoms with E-state index in [1.807, 2.05) is 36.4 Å². The first kappa shape index (κ1) is 25.0. The largest absolute Gasteiger partial charge is 0.507 e. The first-order valence-corrected chi connectivity index (χ1v) is 11.7. The molecule has 0 saturated carbocycles. The van der Waals surface area contributed by atoms with Crippen molar-refractivity contribution < 1.29 is 28.9 Å². The molecule has 1 amide bonds. The highest BCUT2D eigenvalue weighted by molar-refractivity contribution is 6.46. The SMILES string of the molecule is COCCCN1C(=O)C(=O)C(=C(O)c2ccccc2)[C@@H]1c1ccc(OCc2ccccc2)c(OC)c1. The minimum absolute atomic E-state index is 0.0450. The zero-order chi connectivity index (χ0) is 25.5. The van der Waals surface area contributed by atoms with Crippen LogP contribution in [0.15, 0.2) is 84.4 Å². The van der Waals surface area contributed by atoms with E-state index in [-0.39, 0.29) is 11.3 Å². The summed E-state index contributed by atoms with van der Waals surface area (Å²) in [5.41, 5.74) is 2.15. The maximum atomic E-state index is 13.1. The molecule has 7 nitrogen and oxygen atoms in total. The third-order valence-corrected chi connectivity index (χ3v) is 6.08. The van der Waals surface area contributed by atoms with Crippen LogP contribution in [0.2, 0.25) is 0 Å². The number of methoxy groups -OCH3 is 2. The van der Waals surface area contributed by atoms with Crippen molar-refractivity contribution in [2.75, 3.05) is 27.4 Å². The van der Waals surface area contributed by atoms with Gasteiger partial charge in [0.25, 0.3) is 11.7 Å². The minimum atomic E-state index is -0.779. The summed E-state index contributed by atoms with van der Waals surface area (Å²) in [4.78, 5) is 27.7. The smallest absolute Gasteiger partial charge is 0.295 e. The minimum Gasteiger partial charge on any atom is -0.507 e. The molecule has 0 bridgehead atoms. The molecular formula is C29H29NO6. The summed E-state index contributed by atoms with van der Waals surface area (Å²) in [5.74, 6) is -0.592. The van der Waals surface area contributed by atoms with Crippen molar-refractivity contribution in [1.29, 1.82) is 0 Å². The van der Waals surface area contributed by atoms with Crippen LogP contribution in [0, 0.1) is 0 Å². The monoisotopic (exact) mass is 487 g/mol. The second kappa shape index (κ2) is 11.6. The van der Waals surface area contributed by atoms with Gasteiger partial charge in [-0.25, -0.2) is 0 Å². The molecule has 0 unspecified atom stereocenters. The van der Waals surface area contributed by atoms with Gasteiger partial charge >= 0.3 is 0 Å². The Morgan fingerprint density at radius 3 is 2.28 bits per heavy atom. The number of carbonyl (C=O) groups excluding carboxylic acids is 2. The molecule has 1 N–H and O–H groups in total. The summed E-state index contributed by atoms with van der Waals surface area (Å²) in [6.45, 7) is 1.09. The predicted molar refractivity (Wildman–Crippen MR) is 136 cm³/mol. The van der Waals surface area contributed by atoms with E-state index in [1.54, 1.807) is 49.6 Å². The van der Waals surface area contributed by atoms with E-state index in [9.17, 15) is 14.7 Å². The predicted octanol–water partition coefficient (Wildman–Crippen LogP) is 4.73. The maximum Gasteiger partial charge on any atom is 0.295 e. The average Bonchev–Trinajstić information content (AvgIpc) is 3.17. The van der Waals surface area contributed by atoms with Crippen LogP contribution in [0.3, 0.4) is 0 Å². The fourth-order valence-electron chi connectivity index (χ4n) is 4.30. The topological polar surface area (TPSA) is 85.3 Å². The fourth-order valence-corrected chi connectivity index (χ4v) is 4.30. The van der Waals surface area contributed by atoms with Gasteiger partial charge in [0.2, 0.25) is 0 Å². The van der Waals surface area contributed by atoms with Gasteiger partial charge in [-0.3, -0.25) is 9.59 Å². The van der Waals surface area contributed by atoms with Crippen molar-refractivity contribution >= 4 is 17.4 Å². The Morgan fingerprint density at radius 1 is 0.917 bits per heavy atom. The van der Waals surface area contributed by atoms with Crippen LogP contribution in [-0.2, 0) is 20.9 Å². The van der Waals surface area contributed by atoms with Gasteiger partial charge in [-0.1, -0.05) is 66.7 Å². The summed E-state index contributed by atoms with van der Waals surface area (Å²) < 4.78 is 16.7. The molecule has 186 valence electrons. The highest BCUT2D eigenvalue weighted by Crippen LogP contribution is 2.42. The van der Waals surface area contributed by atoms with Crippen molar-refractivity contribution in [3.63, 3.8) is 0 Å². The zero-order valence-corrected chi connectivity index (χ0v) is 20.3. The van der Waals surface area contributed by atoms with Gasteiger partial charge in [0.1, 0.15) is 12.4 Å². The van der Waals surface area contributed by atoms with Crippen LogP contribution in [0.25, 0.3) is 5.76 Å². The number of aliphatic hydroxyl groups excluding tert-OH is 1. The van der Waals surface area contributed by atoms with Gasteiger partial charge in [-0.05, 0) is 29.7 Å². The first-order valence-electron chi connectivity index (χ1n) is 11.7. The molecule has 0 aromatic heterocycles. The summed E-state index contributed by atoms with van der Waals surface area (Å²) in [6.07, 6.45) is 0.542. The van der Waals surface area contributed by atoms with Gasteiger partial charge in [0, 0.05) is 25.8 Å². The third kappa shape index (κ3) is 5.26. The van der Waals surface area contributed by atoms with Crippen LogP contribution < -0.4 is 9.47 Å². The lowest BCUT2D eigenvalue weighted by molar-refractivity contribution is -0.140. The Balaban J connectivity index is 1.73. The Bertz CT molecular complexity index is 1240. The molecule has 1 aliphatic rings. The van der Waals surface area contributed by atoms with Crippen LogP contribution in [0.1, 0.15) is 29.2 Å². The molecule has 1 heterocycles. The molecule has 3 aromatic rings. The number of rotatable bonds is 10. The van der Waals surface area contributed by atoms with E-state index in [0.717, 1.165) is 5.56 Å². The Kier molecular flexibility index (Phi) is 8.02. The summed E-state index contributed by atoms with van der Waals surface area (Å²) in [6, 6.07) is 23.0. The number of ether oxygens (including phenoxy) is 3. The molecule has 7 heteroatoms. The summed E-state index contributed by atoms with van der Waals surface area (Å²) >= 11 is 0. The third-order valence-electron chi connectivity index (χ3n) is 6.08. The van der Waals surface area contributed by atoms with Crippen LogP contribution >= 0.6 is 0 Å². The number of benzene rings is 3. The number of hydrogen-bond donors (Lipinski definition) is 1. The number of aliphatic hydroxyl groups is 1. The molecule has 1 atom stereocenters.